The molecule has 0 amide bonds. The zero-order chi connectivity index (χ0) is 20.5. The Morgan fingerprint density at radius 2 is 1.60 bits per heavy atom. The van der Waals surface area contributed by atoms with Crippen LogP contribution in [0.25, 0.3) is 0 Å². The SMILES string of the molecule is CC(O)CC(CN=C(N)Nc1cccc(Oc2ccccc2)c1)c1ccccc1.I. The van der Waals surface area contributed by atoms with E-state index in [0.717, 1.165) is 17.0 Å². The number of para-hydroxylation sites is 1. The van der Waals surface area contributed by atoms with Gasteiger partial charge < -0.3 is 20.9 Å². The van der Waals surface area contributed by atoms with Crippen molar-refractivity contribution in [1.82, 2.24) is 0 Å². The van der Waals surface area contributed by atoms with Gasteiger partial charge in [0.15, 0.2) is 5.96 Å². The van der Waals surface area contributed by atoms with Gasteiger partial charge in [0.2, 0.25) is 0 Å². The molecule has 2 atom stereocenters. The molecule has 0 aliphatic carbocycles. The van der Waals surface area contributed by atoms with Crippen LogP contribution < -0.4 is 15.8 Å². The first-order chi connectivity index (χ1) is 14.1. The molecule has 0 bridgehead atoms. The molecule has 158 valence electrons. The molecule has 0 aromatic heterocycles. The van der Waals surface area contributed by atoms with Crippen molar-refractivity contribution in [2.24, 2.45) is 10.7 Å². The Morgan fingerprint density at radius 3 is 2.27 bits per heavy atom. The molecular formula is C24H28IN3O2. The summed E-state index contributed by atoms with van der Waals surface area (Å²) in [6.45, 7) is 2.29. The lowest BCUT2D eigenvalue weighted by Gasteiger charge is -2.17. The zero-order valence-corrected chi connectivity index (χ0v) is 19.3. The Kier molecular flexibility index (Phi) is 9.63. The molecule has 3 aromatic carbocycles. The predicted molar refractivity (Wildman–Crippen MR) is 134 cm³/mol. The molecular weight excluding hydrogens is 489 g/mol. The molecule has 3 rings (SSSR count). The first-order valence-electron chi connectivity index (χ1n) is 9.73. The molecule has 3 aromatic rings. The van der Waals surface area contributed by atoms with Crippen LogP contribution in [0, 0.1) is 0 Å². The second-order valence-electron chi connectivity index (χ2n) is 6.99. The summed E-state index contributed by atoms with van der Waals surface area (Å²) in [5, 5.41) is 12.9. The Labute approximate surface area is 195 Å². The largest absolute Gasteiger partial charge is 0.457 e. The summed E-state index contributed by atoms with van der Waals surface area (Å²) in [6, 6.07) is 27.3. The molecule has 5 nitrogen and oxygen atoms in total. The molecule has 0 aliphatic rings. The van der Waals surface area contributed by atoms with Crippen molar-refractivity contribution in [3.8, 4) is 11.5 Å². The fourth-order valence-corrected chi connectivity index (χ4v) is 3.11. The maximum Gasteiger partial charge on any atom is 0.193 e. The summed E-state index contributed by atoms with van der Waals surface area (Å²) in [4.78, 5) is 4.49. The summed E-state index contributed by atoms with van der Waals surface area (Å²) >= 11 is 0. The van der Waals surface area contributed by atoms with Crippen molar-refractivity contribution in [1.29, 1.82) is 0 Å². The molecule has 30 heavy (non-hydrogen) atoms. The highest BCUT2D eigenvalue weighted by molar-refractivity contribution is 14.0. The number of aliphatic hydroxyl groups excluding tert-OH is 1. The molecule has 0 radical (unpaired) electrons. The number of nitrogens with one attached hydrogen (secondary N) is 1. The van der Waals surface area contributed by atoms with Gasteiger partial charge in [0.25, 0.3) is 0 Å². The highest BCUT2D eigenvalue weighted by Crippen LogP contribution is 2.24. The van der Waals surface area contributed by atoms with Gasteiger partial charge in [-0.1, -0.05) is 54.6 Å². The third kappa shape index (κ3) is 7.68. The number of aliphatic hydroxyl groups is 1. The smallest absolute Gasteiger partial charge is 0.193 e. The number of nitrogens with zero attached hydrogens (tertiary/aromatic N) is 1. The first-order valence-corrected chi connectivity index (χ1v) is 9.73. The molecule has 0 heterocycles. The van der Waals surface area contributed by atoms with Crippen molar-refractivity contribution < 1.29 is 9.84 Å². The average molecular weight is 517 g/mol. The van der Waals surface area contributed by atoms with Gasteiger partial charge in [0.05, 0.1) is 6.10 Å². The van der Waals surface area contributed by atoms with Crippen molar-refractivity contribution in [3.63, 3.8) is 0 Å². The van der Waals surface area contributed by atoms with Crippen molar-refractivity contribution in [2.45, 2.75) is 25.4 Å². The van der Waals surface area contributed by atoms with Crippen LogP contribution in [0.4, 0.5) is 5.69 Å². The van der Waals surface area contributed by atoms with E-state index in [1.54, 1.807) is 6.92 Å². The van der Waals surface area contributed by atoms with E-state index in [9.17, 15) is 5.11 Å². The van der Waals surface area contributed by atoms with Crippen LogP contribution in [0.15, 0.2) is 89.9 Å². The van der Waals surface area contributed by atoms with E-state index in [0.29, 0.717) is 24.7 Å². The molecule has 0 saturated heterocycles. The number of guanidine groups is 1. The number of ether oxygens (including phenoxy) is 1. The van der Waals surface area contributed by atoms with Gasteiger partial charge in [-0.15, -0.1) is 24.0 Å². The van der Waals surface area contributed by atoms with Gasteiger partial charge in [-0.3, -0.25) is 4.99 Å². The van der Waals surface area contributed by atoms with Crippen molar-refractivity contribution in [2.75, 3.05) is 11.9 Å². The molecule has 0 spiro atoms. The van der Waals surface area contributed by atoms with E-state index in [1.165, 1.54) is 0 Å². The summed E-state index contributed by atoms with van der Waals surface area (Å²) in [6.07, 6.45) is 0.220. The molecule has 4 N–H and O–H groups in total. The minimum Gasteiger partial charge on any atom is -0.457 e. The lowest BCUT2D eigenvalue weighted by molar-refractivity contribution is 0.175. The minimum absolute atomic E-state index is 0. The van der Waals surface area contributed by atoms with Crippen LogP contribution in [0.2, 0.25) is 0 Å². The van der Waals surface area contributed by atoms with Crippen LogP contribution in [-0.4, -0.2) is 23.7 Å². The predicted octanol–water partition coefficient (Wildman–Crippen LogP) is 5.38. The van der Waals surface area contributed by atoms with Crippen molar-refractivity contribution in [3.05, 3.63) is 90.5 Å². The lowest BCUT2D eigenvalue weighted by Crippen LogP contribution is -2.24. The molecule has 2 unspecified atom stereocenters. The van der Waals surface area contributed by atoms with E-state index < -0.39 is 6.10 Å². The fourth-order valence-electron chi connectivity index (χ4n) is 3.11. The van der Waals surface area contributed by atoms with Crippen LogP contribution >= 0.6 is 24.0 Å². The molecule has 0 fully saturated rings. The monoisotopic (exact) mass is 517 g/mol. The number of benzene rings is 3. The minimum atomic E-state index is -0.406. The van der Waals surface area contributed by atoms with E-state index in [-0.39, 0.29) is 29.9 Å². The van der Waals surface area contributed by atoms with E-state index in [1.807, 2.05) is 72.8 Å². The maximum absolute atomic E-state index is 9.83. The van der Waals surface area contributed by atoms with Gasteiger partial charge in [0.1, 0.15) is 11.5 Å². The number of halogens is 1. The van der Waals surface area contributed by atoms with E-state index in [4.69, 9.17) is 10.5 Å². The van der Waals surface area contributed by atoms with Gasteiger partial charge in [-0.25, -0.2) is 0 Å². The third-order valence-electron chi connectivity index (χ3n) is 4.46. The molecule has 6 heteroatoms. The van der Waals surface area contributed by atoms with Crippen LogP contribution in [-0.2, 0) is 0 Å². The van der Waals surface area contributed by atoms with Gasteiger partial charge in [-0.2, -0.15) is 0 Å². The summed E-state index contributed by atoms with van der Waals surface area (Å²) in [5.74, 6) is 1.91. The third-order valence-corrected chi connectivity index (χ3v) is 4.46. The van der Waals surface area contributed by atoms with Gasteiger partial charge >= 0.3 is 0 Å². The van der Waals surface area contributed by atoms with Crippen molar-refractivity contribution >= 4 is 35.6 Å². The Morgan fingerprint density at radius 1 is 0.967 bits per heavy atom. The number of hydrogen-bond donors (Lipinski definition) is 3. The van der Waals surface area contributed by atoms with Gasteiger partial charge in [-0.05, 0) is 43.2 Å². The summed E-state index contributed by atoms with van der Waals surface area (Å²) in [7, 11) is 0. The number of aliphatic imine (C=N–C) groups is 1. The highest BCUT2D eigenvalue weighted by Gasteiger charge is 2.14. The Bertz CT molecular complexity index is 918. The van der Waals surface area contributed by atoms with Crippen LogP contribution in [0.5, 0.6) is 11.5 Å². The second-order valence-corrected chi connectivity index (χ2v) is 6.99. The number of hydrogen-bond acceptors (Lipinski definition) is 3. The second kappa shape index (κ2) is 12.2. The highest BCUT2D eigenvalue weighted by atomic mass is 127. The zero-order valence-electron chi connectivity index (χ0n) is 16.9. The normalized spacial score (nSPS) is 13.1. The number of rotatable bonds is 8. The first kappa shape index (κ1) is 23.7. The topological polar surface area (TPSA) is 79.9 Å². The molecule has 0 saturated carbocycles. The summed E-state index contributed by atoms with van der Waals surface area (Å²) in [5.41, 5.74) is 8.04. The Hall–Kier alpha value is -2.58. The Balaban J connectivity index is 0.00000320. The number of nitrogens with two attached hydrogens (primary N) is 1. The van der Waals surface area contributed by atoms with E-state index in [2.05, 4.69) is 22.4 Å². The fraction of sp³-hybridized carbons (Fsp3) is 0.208. The van der Waals surface area contributed by atoms with Gasteiger partial charge in [0, 0.05) is 24.2 Å². The molecule has 0 aliphatic heterocycles. The maximum atomic E-state index is 9.83. The standard InChI is InChI=1S/C24H27N3O2.HI/c1-18(28)15-20(19-9-4-2-5-10-19)17-26-24(25)27-21-11-8-14-23(16-21)29-22-12-6-3-7-13-22;/h2-14,16,18,20,28H,15,17H2,1H3,(H3,25,26,27);1H. The number of anilines is 1. The van der Waals surface area contributed by atoms with Crippen LogP contribution in [0.1, 0.15) is 24.8 Å². The van der Waals surface area contributed by atoms with E-state index >= 15 is 0 Å². The lowest BCUT2D eigenvalue weighted by atomic mass is 9.93. The average Bonchev–Trinajstić information content (AvgIpc) is 2.72. The van der Waals surface area contributed by atoms with Crippen LogP contribution in [0.3, 0.4) is 0 Å². The quantitative estimate of drug-likeness (QED) is 0.213. The summed E-state index contributed by atoms with van der Waals surface area (Å²) < 4.78 is 5.85.